The number of hydrogen-bond acceptors (Lipinski definition) is 1. The smallest absolute Gasteiger partial charge is 0.390 e. The Kier molecular flexibility index (Phi) is 7.01. The van der Waals surface area contributed by atoms with E-state index < -0.39 is 0 Å². The molecule has 0 radical (unpaired) electrons. The summed E-state index contributed by atoms with van der Waals surface area (Å²) in [4.78, 5) is 2.15. The zero-order valence-electron chi connectivity index (χ0n) is 12.7. The summed E-state index contributed by atoms with van der Waals surface area (Å²) in [5, 5.41) is 0. The zero-order valence-corrected chi connectivity index (χ0v) is 13.8. The molecular weight excluding hydrogens is 298 g/mol. The third-order valence-electron chi connectivity index (χ3n) is 3.16. The van der Waals surface area contributed by atoms with E-state index in [4.69, 9.17) is 0 Å². The average molecular weight is 319 g/mol. The molecule has 0 bridgehead atoms. The van der Waals surface area contributed by atoms with Gasteiger partial charge >= 0.3 is 17.1 Å². The van der Waals surface area contributed by atoms with Gasteiger partial charge in [-0.1, -0.05) is 23.3 Å². The molecule has 0 fully saturated rings. The Morgan fingerprint density at radius 3 is 2.19 bits per heavy atom. The molecular formula is C19H21FeN. The van der Waals surface area contributed by atoms with E-state index >= 15 is 0 Å². The van der Waals surface area contributed by atoms with Crippen LogP contribution in [0, 0.1) is 6.92 Å². The number of hydrogen-bond donors (Lipinski definition) is 0. The molecule has 0 spiro atoms. The summed E-state index contributed by atoms with van der Waals surface area (Å²) in [6.07, 6.45) is 0. The molecule has 1 nitrogen and oxygen atoms in total. The maximum absolute atomic E-state index is 2.22. The Balaban J connectivity index is 0.000000313. The standard InChI is InChI=1S/C14H16N.C5H5.Fe/c1-11-6-4-7-12(10-11)13-8-5-9-14(13)15(2)3;1-2-4-5-3-1;/h4-10H,1-3H3;1-5H;/q2*-1;+2. The molecule has 0 saturated carbocycles. The molecule has 0 aliphatic carbocycles. The van der Waals surface area contributed by atoms with Crippen LogP contribution in [0.15, 0.2) is 72.8 Å². The van der Waals surface area contributed by atoms with Gasteiger partial charge in [0.25, 0.3) is 0 Å². The number of aryl methyl sites for hydroxylation is 1. The predicted octanol–water partition coefficient (Wildman–Crippen LogP) is 4.85. The van der Waals surface area contributed by atoms with E-state index in [1.165, 1.54) is 22.4 Å². The topological polar surface area (TPSA) is 3.24 Å². The molecule has 0 atom stereocenters. The van der Waals surface area contributed by atoms with Crippen molar-refractivity contribution in [1.29, 1.82) is 0 Å². The van der Waals surface area contributed by atoms with Crippen LogP contribution in [0.25, 0.3) is 11.1 Å². The SMILES string of the molecule is Cc1cccc(-[c-]2cccc2N(C)C)c1.[Fe+2].c1cc[cH-]c1. The van der Waals surface area contributed by atoms with Crippen molar-refractivity contribution in [2.45, 2.75) is 6.92 Å². The molecule has 2 heteroatoms. The fourth-order valence-corrected chi connectivity index (χ4v) is 2.18. The number of anilines is 1. The van der Waals surface area contributed by atoms with Crippen LogP contribution in [0.3, 0.4) is 0 Å². The Hall–Kier alpha value is -1.76. The zero-order chi connectivity index (χ0) is 14.4. The number of rotatable bonds is 2. The van der Waals surface area contributed by atoms with Gasteiger partial charge in [-0.05, 0) is 12.6 Å². The Bertz CT molecular complexity index is 603. The van der Waals surface area contributed by atoms with Crippen LogP contribution >= 0.6 is 0 Å². The maximum atomic E-state index is 2.22. The maximum Gasteiger partial charge on any atom is 2.00 e. The summed E-state index contributed by atoms with van der Waals surface area (Å²) in [6, 6.07) is 25.0. The van der Waals surface area contributed by atoms with E-state index in [0.717, 1.165) is 0 Å². The first kappa shape index (κ1) is 17.3. The van der Waals surface area contributed by atoms with Crippen LogP contribution in [0.4, 0.5) is 5.69 Å². The molecule has 21 heavy (non-hydrogen) atoms. The second-order valence-corrected chi connectivity index (χ2v) is 5.05. The average Bonchev–Trinajstić information content (AvgIpc) is 3.13. The van der Waals surface area contributed by atoms with Gasteiger partial charge in [0.1, 0.15) is 0 Å². The molecule has 0 N–H and O–H groups in total. The van der Waals surface area contributed by atoms with Crippen molar-refractivity contribution in [1.82, 2.24) is 0 Å². The Labute approximate surface area is 138 Å². The van der Waals surface area contributed by atoms with Gasteiger partial charge in [0.05, 0.1) is 0 Å². The summed E-state index contributed by atoms with van der Waals surface area (Å²) >= 11 is 0. The van der Waals surface area contributed by atoms with E-state index in [1.807, 2.05) is 30.3 Å². The second-order valence-electron chi connectivity index (χ2n) is 5.05. The van der Waals surface area contributed by atoms with E-state index in [2.05, 4.69) is 68.4 Å². The monoisotopic (exact) mass is 319 g/mol. The van der Waals surface area contributed by atoms with Crippen LogP contribution in [0.2, 0.25) is 0 Å². The first-order chi connectivity index (χ1) is 9.68. The quantitative estimate of drug-likeness (QED) is 0.482. The van der Waals surface area contributed by atoms with Gasteiger partial charge in [0.15, 0.2) is 0 Å². The van der Waals surface area contributed by atoms with Crippen molar-refractivity contribution in [2.24, 2.45) is 0 Å². The fourth-order valence-electron chi connectivity index (χ4n) is 2.18. The van der Waals surface area contributed by atoms with E-state index in [-0.39, 0.29) is 17.1 Å². The summed E-state index contributed by atoms with van der Waals surface area (Å²) < 4.78 is 0. The van der Waals surface area contributed by atoms with Crippen LogP contribution in [0.1, 0.15) is 5.56 Å². The van der Waals surface area contributed by atoms with Crippen LogP contribution in [-0.4, -0.2) is 14.1 Å². The Morgan fingerprint density at radius 1 is 0.952 bits per heavy atom. The minimum atomic E-state index is 0. The predicted molar refractivity (Wildman–Crippen MR) is 88.6 cm³/mol. The molecule has 3 aromatic rings. The molecule has 0 aromatic heterocycles. The second kappa shape index (κ2) is 8.51. The van der Waals surface area contributed by atoms with Gasteiger partial charge in [0, 0.05) is 14.1 Å². The van der Waals surface area contributed by atoms with Gasteiger partial charge in [-0.2, -0.15) is 18.2 Å². The first-order valence-corrected chi connectivity index (χ1v) is 6.85. The summed E-state index contributed by atoms with van der Waals surface area (Å²) in [7, 11) is 4.16. The Morgan fingerprint density at radius 2 is 1.67 bits per heavy atom. The van der Waals surface area contributed by atoms with Gasteiger partial charge in [-0.3, -0.25) is 0 Å². The van der Waals surface area contributed by atoms with Gasteiger partial charge in [-0.15, -0.1) is 35.9 Å². The number of benzene rings is 1. The van der Waals surface area contributed by atoms with Crippen molar-refractivity contribution < 1.29 is 17.1 Å². The van der Waals surface area contributed by atoms with Gasteiger partial charge in [-0.25, -0.2) is 12.1 Å². The van der Waals surface area contributed by atoms with Gasteiger partial charge < -0.3 is 4.90 Å². The molecule has 3 rings (SSSR count). The first-order valence-electron chi connectivity index (χ1n) is 6.85. The van der Waals surface area contributed by atoms with Crippen LogP contribution in [0.5, 0.6) is 0 Å². The van der Waals surface area contributed by atoms with E-state index in [0.29, 0.717) is 0 Å². The molecule has 0 aliphatic rings. The van der Waals surface area contributed by atoms with Crippen LogP contribution in [-0.2, 0) is 17.1 Å². The van der Waals surface area contributed by atoms with Crippen LogP contribution < -0.4 is 4.90 Å². The molecule has 0 heterocycles. The van der Waals surface area contributed by atoms with Crippen molar-refractivity contribution >= 4 is 5.69 Å². The normalized spacial score (nSPS) is 9.29. The molecule has 110 valence electrons. The third kappa shape index (κ3) is 4.93. The number of nitrogens with zero attached hydrogens (tertiary/aromatic N) is 1. The molecule has 3 aromatic carbocycles. The van der Waals surface area contributed by atoms with Crippen molar-refractivity contribution in [3.63, 3.8) is 0 Å². The van der Waals surface area contributed by atoms with Gasteiger partial charge in [0.2, 0.25) is 0 Å². The molecule has 0 saturated heterocycles. The summed E-state index contributed by atoms with van der Waals surface area (Å²) in [6.45, 7) is 2.13. The minimum absolute atomic E-state index is 0. The van der Waals surface area contributed by atoms with E-state index in [9.17, 15) is 0 Å². The summed E-state index contributed by atoms with van der Waals surface area (Å²) in [5.41, 5.74) is 5.19. The largest absolute Gasteiger partial charge is 2.00 e. The fraction of sp³-hybridized carbons (Fsp3) is 0.158. The molecule has 0 aliphatic heterocycles. The molecule has 0 unspecified atom stereocenters. The van der Waals surface area contributed by atoms with Crippen molar-refractivity contribution in [2.75, 3.05) is 19.0 Å². The van der Waals surface area contributed by atoms with Crippen molar-refractivity contribution in [3.05, 3.63) is 78.4 Å². The minimum Gasteiger partial charge on any atom is -0.390 e. The summed E-state index contributed by atoms with van der Waals surface area (Å²) in [5.74, 6) is 0. The molecule has 0 amide bonds. The van der Waals surface area contributed by atoms with Crippen molar-refractivity contribution in [3.8, 4) is 11.1 Å². The third-order valence-corrected chi connectivity index (χ3v) is 3.16. The van der Waals surface area contributed by atoms with E-state index in [1.54, 1.807) is 0 Å².